The predicted octanol–water partition coefficient (Wildman–Crippen LogP) is 4.26. The van der Waals surface area contributed by atoms with Gasteiger partial charge < -0.3 is 24.4 Å². The Morgan fingerprint density at radius 2 is 1.59 bits per heavy atom. The average Bonchev–Trinajstić information content (AvgIpc) is 2.84. The molecule has 0 radical (unpaired) electrons. The molecule has 8 nitrogen and oxygen atoms in total. The van der Waals surface area contributed by atoms with E-state index in [4.69, 9.17) is 25.8 Å². The van der Waals surface area contributed by atoms with Crippen molar-refractivity contribution in [2.75, 3.05) is 40.3 Å². The molecule has 2 aromatic carbocycles. The van der Waals surface area contributed by atoms with Gasteiger partial charge in [0.05, 0.1) is 43.5 Å². The Bertz CT molecular complexity index is 1190. The quantitative estimate of drug-likeness (QED) is 0.592. The van der Waals surface area contributed by atoms with E-state index in [0.29, 0.717) is 34.2 Å². The first-order valence-electron chi connectivity index (χ1n) is 10.3. The van der Waals surface area contributed by atoms with E-state index < -0.39 is 11.7 Å². The van der Waals surface area contributed by atoms with E-state index in [1.54, 1.807) is 6.92 Å². The summed E-state index contributed by atoms with van der Waals surface area (Å²) in [5, 5.41) is 2.62. The summed E-state index contributed by atoms with van der Waals surface area (Å²) in [5.41, 5.74) is 2.94. The molecule has 1 aliphatic rings. The lowest BCUT2D eigenvalue weighted by atomic mass is 10.0. The average molecular weight is 484 g/mol. The van der Waals surface area contributed by atoms with Crippen molar-refractivity contribution in [3.63, 3.8) is 0 Å². The Kier molecular flexibility index (Phi) is 7.63. The zero-order chi connectivity index (χ0) is 25.0. The van der Waals surface area contributed by atoms with E-state index in [1.165, 1.54) is 39.5 Å². The van der Waals surface area contributed by atoms with Gasteiger partial charge in [0.2, 0.25) is 11.5 Å². The monoisotopic (exact) mass is 483 g/mol. The molecule has 178 valence electrons. The van der Waals surface area contributed by atoms with Gasteiger partial charge in [-0.05, 0) is 55.0 Å². The van der Waals surface area contributed by atoms with Crippen molar-refractivity contribution < 1.29 is 23.8 Å². The third-order valence-corrected chi connectivity index (χ3v) is 5.68. The van der Waals surface area contributed by atoms with Crippen LogP contribution in [0.25, 0.3) is 0 Å². The lowest BCUT2D eigenvalue weighted by Crippen LogP contribution is -2.31. The number of halogens is 1. The van der Waals surface area contributed by atoms with Gasteiger partial charge >= 0.3 is 0 Å². The van der Waals surface area contributed by atoms with Crippen LogP contribution in [-0.4, -0.2) is 52.8 Å². The summed E-state index contributed by atoms with van der Waals surface area (Å²) in [4.78, 5) is 32.3. The first-order valence-corrected chi connectivity index (χ1v) is 10.7. The Morgan fingerprint density at radius 3 is 2.09 bits per heavy atom. The van der Waals surface area contributed by atoms with Crippen LogP contribution in [0, 0.1) is 0 Å². The number of methoxy groups -OCH3 is 3. The number of hydrogen-bond donors (Lipinski definition) is 1. The largest absolute Gasteiger partial charge is 0.493 e. The third kappa shape index (κ3) is 5.07. The molecule has 0 aromatic heterocycles. The van der Waals surface area contributed by atoms with Gasteiger partial charge in [0, 0.05) is 25.3 Å². The number of hydrogen-bond acceptors (Lipinski definition) is 7. The Labute approximate surface area is 203 Å². The summed E-state index contributed by atoms with van der Waals surface area (Å²) < 4.78 is 15.9. The number of amides is 1. The minimum atomic E-state index is -0.544. The molecule has 0 unspecified atom stereocenters. The van der Waals surface area contributed by atoms with Crippen LogP contribution in [0.5, 0.6) is 17.2 Å². The highest BCUT2D eigenvalue weighted by molar-refractivity contribution is 6.49. The smallest absolute Gasteiger partial charge is 0.256 e. The van der Waals surface area contributed by atoms with Crippen molar-refractivity contribution in [3.05, 3.63) is 64.3 Å². The van der Waals surface area contributed by atoms with E-state index in [-0.39, 0.29) is 16.3 Å². The van der Waals surface area contributed by atoms with Crippen molar-refractivity contribution in [2.45, 2.75) is 6.92 Å². The lowest BCUT2D eigenvalue weighted by Gasteiger charge is -2.18. The van der Waals surface area contributed by atoms with E-state index in [2.05, 4.69) is 10.3 Å². The third-order valence-electron chi connectivity index (χ3n) is 5.23. The standard InChI is InChI=1S/C25H26ClN3O5/c1-14-18(27-16-7-9-17(10-8-16)29(2)3)13-19(23(30)22(14)26)28-25(31)15-11-20(32-4)24(34-6)21(12-15)33-5/h7-13H,1-6H3,(H,28,31). The highest BCUT2D eigenvalue weighted by Gasteiger charge is 2.26. The van der Waals surface area contributed by atoms with Crippen LogP contribution in [0.4, 0.5) is 11.4 Å². The van der Waals surface area contributed by atoms with Crippen LogP contribution in [0.15, 0.2) is 63.8 Å². The molecule has 34 heavy (non-hydrogen) atoms. The van der Waals surface area contributed by atoms with Gasteiger partial charge in [0.1, 0.15) is 0 Å². The van der Waals surface area contributed by atoms with Crippen LogP contribution < -0.4 is 24.4 Å². The first kappa shape index (κ1) is 24.9. The minimum Gasteiger partial charge on any atom is -0.493 e. The molecule has 3 rings (SSSR count). The molecule has 1 amide bonds. The zero-order valence-corrected chi connectivity index (χ0v) is 20.6. The Hall–Kier alpha value is -3.78. The first-order chi connectivity index (χ1) is 16.2. The van der Waals surface area contributed by atoms with Crippen molar-refractivity contribution in [2.24, 2.45) is 4.99 Å². The van der Waals surface area contributed by atoms with Gasteiger partial charge in [-0.1, -0.05) is 11.6 Å². The van der Waals surface area contributed by atoms with E-state index in [9.17, 15) is 9.59 Å². The van der Waals surface area contributed by atoms with Crippen molar-refractivity contribution in [1.82, 2.24) is 5.32 Å². The number of carbonyl (C=O) groups excluding carboxylic acids is 2. The van der Waals surface area contributed by atoms with Crippen molar-refractivity contribution in [3.8, 4) is 17.2 Å². The Balaban J connectivity index is 1.94. The Morgan fingerprint density at radius 1 is 1.00 bits per heavy atom. The molecule has 0 saturated carbocycles. The molecule has 0 atom stereocenters. The van der Waals surface area contributed by atoms with Gasteiger partial charge in [0.15, 0.2) is 11.5 Å². The normalized spacial score (nSPS) is 14.6. The summed E-state index contributed by atoms with van der Waals surface area (Å²) in [6, 6.07) is 10.6. The number of nitrogens with one attached hydrogen (secondary N) is 1. The van der Waals surface area contributed by atoms with Crippen LogP contribution >= 0.6 is 11.6 Å². The summed E-state index contributed by atoms with van der Waals surface area (Å²) in [6.45, 7) is 1.71. The van der Waals surface area contributed by atoms with Gasteiger partial charge in [-0.15, -0.1) is 0 Å². The fourth-order valence-electron chi connectivity index (χ4n) is 3.29. The maximum atomic E-state index is 13.0. The second kappa shape index (κ2) is 10.4. The molecule has 0 aliphatic heterocycles. The molecule has 0 fully saturated rings. The summed E-state index contributed by atoms with van der Waals surface area (Å²) >= 11 is 6.30. The maximum absolute atomic E-state index is 13.0. The van der Waals surface area contributed by atoms with Crippen molar-refractivity contribution in [1.29, 1.82) is 0 Å². The molecule has 0 spiro atoms. The molecule has 1 aliphatic carbocycles. The van der Waals surface area contributed by atoms with Gasteiger partial charge in [-0.25, -0.2) is 4.99 Å². The number of benzene rings is 2. The highest BCUT2D eigenvalue weighted by atomic mass is 35.5. The molecule has 1 N–H and O–H groups in total. The highest BCUT2D eigenvalue weighted by Crippen LogP contribution is 2.38. The molecule has 2 aromatic rings. The summed E-state index contributed by atoms with van der Waals surface area (Å²) in [5.74, 6) is -0.0634. The fraction of sp³-hybridized carbons (Fsp3) is 0.240. The van der Waals surface area contributed by atoms with Gasteiger partial charge in [-0.3, -0.25) is 9.59 Å². The number of carbonyl (C=O) groups is 2. The number of ketones is 1. The number of allylic oxidation sites excluding steroid dienone is 3. The maximum Gasteiger partial charge on any atom is 0.256 e. The van der Waals surface area contributed by atoms with Crippen LogP contribution in [0.3, 0.4) is 0 Å². The van der Waals surface area contributed by atoms with Crippen molar-refractivity contribution >= 4 is 40.4 Å². The van der Waals surface area contributed by atoms with Crippen LogP contribution in [0.2, 0.25) is 0 Å². The van der Waals surface area contributed by atoms with Gasteiger partial charge in [-0.2, -0.15) is 0 Å². The SMILES string of the molecule is COc1cc(C(=O)NC2=CC(=Nc3ccc(N(C)C)cc3)C(C)=C(Cl)C2=O)cc(OC)c1OC. The number of ether oxygens (including phenoxy) is 3. The molecule has 0 saturated heterocycles. The molecule has 9 heteroatoms. The second-order valence-electron chi connectivity index (χ2n) is 7.60. The molecule has 0 bridgehead atoms. The fourth-order valence-corrected chi connectivity index (χ4v) is 3.49. The predicted molar refractivity (Wildman–Crippen MR) is 133 cm³/mol. The van der Waals surface area contributed by atoms with Crippen LogP contribution in [-0.2, 0) is 4.79 Å². The molecular formula is C25H26ClN3O5. The number of anilines is 1. The summed E-state index contributed by atoms with van der Waals surface area (Å²) in [6.07, 6.45) is 1.51. The van der Waals surface area contributed by atoms with E-state index in [1.807, 2.05) is 43.3 Å². The van der Waals surface area contributed by atoms with E-state index in [0.717, 1.165) is 5.69 Å². The van der Waals surface area contributed by atoms with Gasteiger partial charge in [0.25, 0.3) is 5.91 Å². The lowest BCUT2D eigenvalue weighted by molar-refractivity contribution is -0.112. The number of aliphatic imine (C=N–C) groups is 1. The molecular weight excluding hydrogens is 458 g/mol. The number of Topliss-reactive ketones (excluding diaryl/α,β-unsaturated/α-hetero) is 1. The van der Waals surface area contributed by atoms with Crippen LogP contribution in [0.1, 0.15) is 17.3 Å². The minimum absolute atomic E-state index is 0.00801. The number of rotatable bonds is 7. The zero-order valence-electron chi connectivity index (χ0n) is 19.9. The topological polar surface area (TPSA) is 89.5 Å². The number of nitrogens with zero attached hydrogens (tertiary/aromatic N) is 2. The van der Waals surface area contributed by atoms with E-state index >= 15 is 0 Å². The molecule has 0 heterocycles. The summed E-state index contributed by atoms with van der Waals surface area (Å²) in [7, 11) is 8.27. The second-order valence-corrected chi connectivity index (χ2v) is 7.98.